The number of aromatic nitrogens is 2. The van der Waals surface area contributed by atoms with E-state index in [1.807, 2.05) is 42.5 Å². The highest BCUT2D eigenvalue weighted by Crippen LogP contribution is 2.27. The second-order valence-electron chi connectivity index (χ2n) is 5.84. The van der Waals surface area contributed by atoms with Gasteiger partial charge in [-0.25, -0.2) is 0 Å². The fourth-order valence-electron chi connectivity index (χ4n) is 2.78. The van der Waals surface area contributed by atoms with Gasteiger partial charge in [0.25, 0.3) is 5.89 Å². The summed E-state index contributed by atoms with van der Waals surface area (Å²) in [5, 5.41) is 34.9. The van der Waals surface area contributed by atoms with Crippen molar-refractivity contribution in [1.82, 2.24) is 10.1 Å². The third kappa shape index (κ3) is 2.89. The number of hydrogen-bond acceptors (Lipinski definition) is 7. The maximum Gasteiger partial charge on any atom is 0.258 e. The number of aliphatic hydroxyl groups excluding tert-OH is 3. The van der Waals surface area contributed by atoms with Crippen molar-refractivity contribution in [1.29, 1.82) is 0 Å². The Labute approximate surface area is 142 Å². The normalized spacial score (nSPS) is 23.3. The van der Waals surface area contributed by atoms with Crippen LogP contribution < -0.4 is 0 Å². The van der Waals surface area contributed by atoms with Gasteiger partial charge in [-0.15, -0.1) is 0 Å². The molecule has 7 nitrogen and oxygen atoms in total. The molecule has 0 saturated heterocycles. The lowest BCUT2D eigenvalue weighted by Gasteiger charge is -2.29. The molecule has 1 aliphatic heterocycles. The van der Waals surface area contributed by atoms with Crippen LogP contribution in [0.5, 0.6) is 0 Å². The summed E-state index contributed by atoms with van der Waals surface area (Å²) in [5.41, 5.74) is 0.758. The lowest BCUT2D eigenvalue weighted by atomic mass is 10.0. The summed E-state index contributed by atoms with van der Waals surface area (Å²) in [5.74, 6) is 0.617. The fraction of sp³-hybridized carbons (Fsp3) is 0.222. The quantitative estimate of drug-likeness (QED) is 0.660. The molecule has 7 heteroatoms. The molecule has 4 rings (SSSR count). The van der Waals surface area contributed by atoms with E-state index in [4.69, 9.17) is 9.26 Å². The molecule has 0 unspecified atom stereocenters. The van der Waals surface area contributed by atoms with Gasteiger partial charge in [-0.05, 0) is 29.0 Å². The number of rotatable bonds is 3. The number of nitrogens with zero attached hydrogens (tertiary/aromatic N) is 2. The van der Waals surface area contributed by atoms with E-state index in [2.05, 4.69) is 10.1 Å². The van der Waals surface area contributed by atoms with Crippen LogP contribution in [0.2, 0.25) is 0 Å². The minimum Gasteiger partial charge on any atom is -0.481 e. The highest BCUT2D eigenvalue weighted by molar-refractivity contribution is 5.86. The number of ether oxygens (including phenoxy) is 1. The van der Waals surface area contributed by atoms with Crippen LogP contribution in [-0.2, 0) is 4.74 Å². The summed E-state index contributed by atoms with van der Waals surface area (Å²) >= 11 is 0. The molecule has 0 amide bonds. The SMILES string of the molecule is OC[C@H]1OC(c2noc(-c3ccc4ccccc4c3)n2)=C[C@@H](O)[C@@H]1O. The van der Waals surface area contributed by atoms with Crippen molar-refractivity contribution in [2.45, 2.75) is 18.3 Å². The minimum absolute atomic E-state index is 0.146. The first-order valence-electron chi connectivity index (χ1n) is 7.84. The van der Waals surface area contributed by atoms with Gasteiger partial charge in [-0.3, -0.25) is 0 Å². The Morgan fingerprint density at radius 2 is 1.84 bits per heavy atom. The molecule has 25 heavy (non-hydrogen) atoms. The van der Waals surface area contributed by atoms with Gasteiger partial charge in [0.1, 0.15) is 12.2 Å². The van der Waals surface area contributed by atoms with Gasteiger partial charge in [0, 0.05) is 5.56 Å². The van der Waals surface area contributed by atoms with Gasteiger partial charge in [-0.2, -0.15) is 4.98 Å². The standard InChI is InChI=1S/C18H16N2O5/c21-9-15-16(23)13(22)8-14(24-15)17-19-18(25-20-17)12-6-5-10-3-1-2-4-11(10)7-12/h1-8,13,15-16,21-23H,9H2/t13-,15-,16+/m1/s1. The summed E-state index contributed by atoms with van der Waals surface area (Å²) in [7, 11) is 0. The van der Waals surface area contributed by atoms with E-state index in [-0.39, 0.29) is 11.6 Å². The van der Waals surface area contributed by atoms with Crippen LogP contribution in [0.15, 0.2) is 53.1 Å². The van der Waals surface area contributed by atoms with Crippen LogP contribution >= 0.6 is 0 Å². The Balaban J connectivity index is 1.66. The van der Waals surface area contributed by atoms with Crippen LogP contribution in [0.1, 0.15) is 5.82 Å². The zero-order valence-corrected chi connectivity index (χ0v) is 13.1. The molecule has 1 aliphatic rings. The van der Waals surface area contributed by atoms with Crippen molar-refractivity contribution in [2.24, 2.45) is 0 Å². The van der Waals surface area contributed by atoms with E-state index in [0.29, 0.717) is 5.89 Å². The van der Waals surface area contributed by atoms with Crippen molar-refractivity contribution < 1.29 is 24.6 Å². The first kappa shape index (κ1) is 15.8. The second kappa shape index (κ2) is 6.29. The van der Waals surface area contributed by atoms with E-state index in [1.54, 1.807) is 0 Å². The van der Waals surface area contributed by atoms with Crippen molar-refractivity contribution in [3.63, 3.8) is 0 Å². The summed E-state index contributed by atoms with van der Waals surface area (Å²) in [4.78, 5) is 4.29. The number of benzene rings is 2. The Morgan fingerprint density at radius 1 is 1.04 bits per heavy atom. The predicted octanol–water partition coefficient (Wildman–Crippen LogP) is 1.34. The van der Waals surface area contributed by atoms with Gasteiger partial charge >= 0.3 is 0 Å². The van der Waals surface area contributed by atoms with Crippen LogP contribution in [0.3, 0.4) is 0 Å². The van der Waals surface area contributed by atoms with E-state index in [9.17, 15) is 15.3 Å². The molecule has 0 bridgehead atoms. The molecule has 2 aromatic carbocycles. The number of fused-ring (bicyclic) bond motifs is 1. The average Bonchev–Trinajstić information content (AvgIpc) is 3.13. The lowest BCUT2D eigenvalue weighted by Crippen LogP contribution is -2.43. The predicted molar refractivity (Wildman–Crippen MR) is 89.2 cm³/mol. The van der Waals surface area contributed by atoms with Crippen molar-refractivity contribution in [2.75, 3.05) is 6.61 Å². The van der Waals surface area contributed by atoms with Gasteiger partial charge in [0.2, 0.25) is 5.82 Å². The maximum absolute atomic E-state index is 9.85. The third-order valence-corrected chi connectivity index (χ3v) is 4.15. The molecule has 0 saturated carbocycles. The van der Waals surface area contributed by atoms with Gasteiger partial charge in [0.15, 0.2) is 11.9 Å². The largest absolute Gasteiger partial charge is 0.481 e. The van der Waals surface area contributed by atoms with Crippen LogP contribution in [0.25, 0.3) is 28.0 Å². The summed E-state index contributed by atoms with van der Waals surface area (Å²) < 4.78 is 10.7. The van der Waals surface area contributed by atoms with Crippen LogP contribution in [0.4, 0.5) is 0 Å². The summed E-state index contributed by atoms with van der Waals surface area (Å²) in [6, 6.07) is 13.7. The molecule has 1 aromatic heterocycles. The topological polar surface area (TPSA) is 109 Å². The molecular weight excluding hydrogens is 324 g/mol. The first-order chi connectivity index (χ1) is 12.2. The summed E-state index contributed by atoms with van der Waals surface area (Å²) in [6.45, 7) is -0.440. The molecule has 128 valence electrons. The molecule has 2 heterocycles. The van der Waals surface area contributed by atoms with Gasteiger partial charge < -0.3 is 24.6 Å². The Kier molecular flexibility index (Phi) is 3.96. The van der Waals surface area contributed by atoms with Crippen LogP contribution in [0, 0.1) is 0 Å². The smallest absolute Gasteiger partial charge is 0.258 e. The van der Waals surface area contributed by atoms with Gasteiger partial charge in [-0.1, -0.05) is 35.5 Å². The van der Waals surface area contributed by atoms with E-state index >= 15 is 0 Å². The second-order valence-corrected chi connectivity index (χ2v) is 5.84. The third-order valence-electron chi connectivity index (χ3n) is 4.15. The minimum atomic E-state index is -1.21. The molecule has 0 aliphatic carbocycles. The monoisotopic (exact) mass is 340 g/mol. The molecule has 3 N–H and O–H groups in total. The van der Waals surface area contributed by atoms with Crippen molar-refractivity contribution in [3.05, 3.63) is 54.4 Å². The number of aliphatic hydroxyl groups is 3. The molecule has 0 radical (unpaired) electrons. The summed E-state index contributed by atoms with van der Waals surface area (Å²) in [6.07, 6.45) is -2.03. The molecule has 3 aromatic rings. The van der Waals surface area contributed by atoms with Gasteiger partial charge in [0.05, 0.1) is 6.61 Å². The zero-order chi connectivity index (χ0) is 17.4. The average molecular weight is 340 g/mol. The van der Waals surface area contributed by atoms with E-state index in [1.165, 1.54) is 6.08 Å². The molecular formula is C18H16N2O5. The Morgan fingerprint density at radius 3 is 2.64 bits per heavy atom. The van der Waals surface area contributed by atoms with E-state index in [0.717, 1.165) is 16.3 Å². The number of hydrogen-bond donors (Lipinski definition) is 3. The van der Waals surface area contributed by atoms with Crippen molar-refractivity contribution in [3.8, 4) is 11.5 Å². The van der Waals surface area contributed by atoms with Crippen LogP contribution in [-0.4, -0.2) is 50.4 Å². The highest BCUT2D eigenvalue weighted by Gasteiger charge is 2.33. The first-order valence-corrected chi connectivity index (χ1v) is 7.84. The lowest BCUT2D eigenvalue weighted by molar-refractivity contribution is -0.0727. The maximum atomic E-state index is 9.85. The molecule has 0 spiro atoms. The van der Waals surface area contributed by atoms with Crippen molar-refractivity contribution >= 4 is 16.5 Å². The highest BCUT2D eigenvalue weighted by atomic mass is 16.5. The Bertz CT molecular complexity index is 936. The molecule has 3 atom stereocenters. The van der Waals surface area contributed by atoms with E-state index < -0.39 is 24.9 Å². The zero-order valence-electron chi connectivity index (χ0n) is 13.1. The fourth-order valence-corrected chi connectivity index (χ4v) is 2.78. The molecule has 0 fully saturated rings. The Hall–Kier alpha value is -2.74.